The van der Waals surface area contributed by atoms with E-state index in [0.29, 0.717) is 6.54 Å². The highest BCUT2D eigenvalue weighted by Crippen LogP contribution is 2.10. The molecule has 1 heterocycles. The maximum Gasteiger partial charge on any atom is 0.128 e. The Morgan fingerprint density at radius 2 is 2.06 bits per heavy atom. The number of hydrogen-bond donors (Lipinski definition) is 2. The molecule has 0 unspecified atom stereocenters. The zero-order valence-electron chi connectivity index (χ0n) is 9.93. The van der Waals surface area contributed by atoms with Crippen LogP contribution >= 0.6 is 0 Å². The average Bonchev–Trinajstić information content (AvgIpc) is 2.84. The molecule has 0 spiro atoms. The van der Waals surface area contributed by atoms with Gasteiger partial charge in [0.25, 0.3) is 0 Å². The van der Waals surface area contributed by atoms with E-state index in [1.54, 1.807) is 0 Å². The number of benzene rings is 1. The number of imidazole rings is 1. The molecule has 0 aliphatic heterocycles. The first kappa shape index (κ1) is 11.7. The fourth-order valence-electron chi connectivity index (χ4n) is 1.70. The minimum Gasteiger partial charge on any atom is -0.392 e. The fraction of sp³-hybridized carbons (Fsp3) is 0.308. The van der Waals surface area contributed by atoms with E-state index >= 15 is 0 Å². The van der Waals surface area contributed by atoms with Crippen molar-refractivity contribution in [1.29, 1.82) is 0 Å². The van der Waals surface area contributed by atoms with Crippen molar-refractivity contribution in [3.63, 3.8) is 0 Å². The van der Waals surface area contributed by atoms with Crippen molar-refractivity contribution >= 4 is 5.69 Å². The van der Waals surface area contributed by atoms with Gasteiger partial charge in [-0.05, 0) is 24.6 Å². The van der Waals surface area contributed by atoms with E-state index in [1.165, 1.54) is 0 Å². The van der Waals surface area contributed by atoms with Crippen LogP contribution in [0.25, 0.3) is 0 Å². The number of rotatable bonds is 5. The van der Waals surface area contributed by atoms with Crippen molar-refractivity contribution in [2.45, 2.75) is 26.6 Å². The molecule has 17 heavy (non-hydrogen) atoms. The second-order valence-corrected chi connectivity index (χ2v) is 3.84. The molecule has 1 aromatic carbocycles. The summed E-state index contributed by atoms with van der Waals surface area (Å²) >= 11 is 0. The Morgan fingerprint density at radius 3 is 2.71 bits per heavy atom. The van der Waals surface area contributed by atoms with Crippen LogP contribution in [0.1, 0.15) is 18.3 Å². The first-order chi connectivity index (χ1) is 8.33. The van der Waals surface area contributed by atoms with Gasteiger partial charge in [-0.3, -0.25) is 0 Å². The summed E-state index contributed by atoms with van der Waals surface area (Å²) in [5.41, 5.74) is 1.96. The molecule has 0 saturated carbocycles. The number of anilines is 1. The molecule has 0 amide bonds. The van der Waals surface area contributed by atoms with Gasteiger partial charge in [0.05, 0.1) is 13.2 Å². The highest BCUT2D eigenvalue weighted by atomic mass is 16.3. The molecule has 0 radical (unpaired) electrons. The van der Waals surface area contributed by atoms with Crippen molar-refractivity contribution < 1.29 is 5.11 Å². The van der Waals surface area contributed by atoms with Gasteiger partial charge < -0.3 is 15.0 Å². The average molecular weight is 231 g/mol. The molecule has 0 bridgehead atoms. The Bertz CT molecular complexity index is 462. The summed E-state index contributed by atoms with van der Waals surface area (Å²) in [6.45, 7) is 3.82. The molecule has 2 rings (SSSR count). The summed E-state index contributed by atoms with van der Waals surface area (Å²) in [6.07, 6.45) is 3.79. The second-order valence-electron chi connectivity index (χ2n) is 3.84. The molecule has 4 nitrogen and oxygen atoms in total. The van der Waals surface area contributed by atoms with Gasteiger partial charge >= 0.3 is 0 Å². The fourth-order valence-corrected chi connectivity index (χ4v) is 1.70. The van der Waals surface area contributed by atoms with Crippen LogP contribution in [0.15, 0.2) is 36.7 Å². The molecule has 0 saturated heterocycles. The van der Waals surface area contributed by atoms with Gasteiger partial charge in [0.15, 0.2) is 0 Å². The van der Waals surface area contributed by atoms with E-state index in [4.69, 9.17) is 5.11 Å². The molecular formula is C13H17N3O. The molecule has 4 heteroatoms. The highest BCUT2D eigenvalue weighted by molar-refractivity contribution is 5.44. The molecule has 1 aromatic heterocycles. The summed E-state index contributed by atoms with van der Waals surface area (Å²) in [6, 6.07) is 7.75. The van der Waals surface area contributed by atoms with E-state index in [-0.39, 0.29) is 6.61 Å². The molecule has 0 fully saturated rings. The number of nitrogens with zero attached hydrogens (tertiary/aromatic N) is 2. The largest absolute Gasteiger partial charge is 0.392 e. The first-order valence-corrected chi connectivity index (χ1v) is 5.77. The molecule has 0 aliphatic rings. The van der Waals surface area contributed by atoms with Crippen LogP contribution in [0.5, 0.6) is 0 Å². The second kappa shape index (κ2) is 5.50. The van der Waals surface area contributed by atoms with Gasteiger partial charge in [-0.1, -0.05) is 12.1 Å². The van der Waals surface area contributed by atoms with Crippen LogP contribution in [0, 0.1) is 0 Å². The van der Waals surface area contributed by atoms with Crippen LogP contribution < -0.4 is 5.32 Å². The van der Waals surface area contributed by atoms with Gasteiger partial charge in [0, 0.05) is 24.6 Å². The van der Waals surface area contributed by atoms with Crippen molar-refractivity contribution in [2.24, 2.45) is 0 Å². The molecule has 90 valence electrons. The predicted octanol–water partition coefficient (Wildman–Crippen LogP) is 2.01. The van der Waals surface area contributed by atoms with Crippen LogP contribution in [0.3, 0.4) is 0 Å². The number of aliphatic hydroxyl groups is 1. The first-order valence-electron chi connectivity index (χ1n) is 5.77. The Morgan fingerprint density at radius 1 is 1.29 bits per heavy atom. The minimum atomic E-state index is 0.0839. The Labute approximate surface area is 101 Å². The third-order valence-corrected chi connectivity index (χ3v) is 2.73. The SMILES string of the molecule is CCn1ccnc1CNc1ccc(CO)cc1. The molecule has 2 aromatic rings. The standard InChI is InChI=1S/C13H17N3O/c1-2-16-8-7-14-13(16)9-15-12-5-3-11(10-17)4-6-12/h3-8,15,17H,2,9-10H2,1H3. The quantitative estimate of drug-likeness (QED) is 0.827. The van der Waals surface area contributed by atoms with E-state index < -0.39 is 0 Å². The van der Waals surface area contributed by atoms with Crippen molar-refractivity contribution in [2.75, 3.05) is 5.32 Å². The smallest absolute Gasteiger partial charge is 0.128 e. The van der Waals surface area contributed by atoms with Crippen molar-refractivity contribution in [3.05, 3.63) is 48.0 Å². The Hall–Kier alpha value is -1.81. The lowest BCUT2D eigenvalue weighted by Crippen LogP contribution is -2.07. The number of aryl methyl sites for hydroxylation is 1. The van der Waals surface area contributed by atoms with E-state index in [9.17, 15) is 0 Å². The molecule has 2 N–H and O–H groups in total. The summed E-state index contributed by atoms with van der Waals surface area (Å²) < 4.78 is 2.11. The lowest BCUT2D eigenvalue weighted by Gasteiger charge is -2.08. The van der Waals surface area contributed by atoms with Crippen molar-refractivity contribution in [1.82, 2.24) is 9.55 Å². The van der Waals surface area contributed by atoms with Gasteiger partial charge in [-0.2, -0.15) is 0 Å². The lowest BCUT2D eigenvalue weighted by atomic mass is 10.2. The summed E-state index contributed by atoms with van der Waals surface area (Å²) in [7, 11) is 0. The maximum absolute atomic E-state index is 8.94. The normalized spacial score (nSPS) is 10.5. The van der Waals surface area contributed by atoms with Crippen LogP contribution in [0.2, 0.25) is 0 Å². The predicted molar refractivity (Wildman–Crippen MR) is 67.6 cm³/mol. The Kier molecular flexibility index (Phi) is 3.77. The zero-order valence-corrected chi connectivity index (χ0v) is 9.93. The minimum absolute atomic E-state index is 0.0839. The number of nitrogens with one attached hydrogen (secondary N) is 1. The Balaban J connectivity index is 1.97. The van der Waals surface area contributed by atoms with E-state index in [0.717, 1.165) is 23.6 Å². The van der Waals surface area contributed by atoms with Gasteiger partial charge in [0.1, 0.15) is 5.82 Å². The monoisotopic (exact) mass is 231 g/mol. The van der Waals surface area contributed by atoms with Gasteiger partial charge in [0.2, 0.25) is 0 Å². The molecule has 0 aliphatic carbocycles. The number of aliphatic hydroxyl groups excluding tert-OH is 1. The highest BCUT2D eigenvalue weighted by Gasteiger charge is 2.00. The molecular weight excluding hydrogens is 214 g/mol. The maximum atomic E-state index is 8.94. The zero-order chi connectivity index (χ0) is 12.1. The third kappa shape index (κ3) is 2.85. The molecule has 0 atom stereocenters. The van der Waals surface area contributed by atoms with Gasteiger partial charge in [-0.15, -0.1) is 0 Å². The van der Waals surface area contributed by atoms with Crippen LogP contribution in [-0.4, -0.2) is 14.7 Å². The lowest BCUT2D eigenvalue weighted by molar-refractivity contribution is 0.282. The van der Waals surface area contributed by atoms with E-state index in [1.807, 2.05) is 36.7 Å². The number of aromatic nitrogens is 2. The van der Waals surface area contributed by atoms with Gasteiger partial charge in [-0.25, -0.2) is 4.98 Å². The third-order valence-electron chi connectivity index (χ3n) is 2.73. The van der Waals surface area contributed by atoms with Crippen LogP contribution in [0.4, 0.5) is 5.69 Å². The van der Waals surface area contributed by atoms with Crippen molar-refractivity contribution in [3.8, 4) is 0 Å². The summed E-state index contributed by atoms with van der Waals surface area (Å²) in [5, 5.41) is 12.3. The van der Waals surface area contributed by atoms with E-state index in [2.05, 4.69) is 21.8 Å². The summed E-state index contributed by atoms with van der Waals surface area (Å²) in [4.78, 5) is 4.30. The topological polar surface area (TPSA) is 50.1 Å². The number of hydrogen-bond acceptors (Lipinski definition) is 3. The summed E-state index contributed by atoms with van der Waals surface area (Å²) in [5.74, 6) is 1.03. The van der Waals surface area contributed by atoms with Crippen LogP contribution in [-0.2, 0) is 19.7 Å².